The second-order valence-corrected chi connectivity index (χ2v) is 4.03. The zero-order valence-electron chi connectivity index (χ0n) is 9.82. The molecule has 0 fully saturated rings. The van der Waals surface area contributed by atoms with Gasteiger partial charge in [-0.05, 0) is 23.8 Å². The monoisotopic (exact) mass is 269 g/mol. The molecule has 2 aromatic carbocycles. The van der Waals surface area contributed by atoms with Gasteiger partial charge in [0.15, 0.2) is 0 Å². The van der Waals surface area contributed by atoms with Crippen LogP contribution in [0, 0.1) is 5.82 Å². The van der Waals surface area contributed by atoms with Crippen LogP contribution in [0.5, 0.6) is 5.75 Å². The summed E-state index contributed by atoms with van der Waals surface area (Å²) in [4.78, 5) is 0. The molecule has 0 unspecified atom stereocenters. The van der Waals surface area contributed by atoms with Crippen molar-refractivity contribution < 1.29 is 22.1 Å². The smallest absolute Gasteiger partial charge is 0.492 e. The number of hydrogen-bond donors (Lipinski definition) is 0. The second-order valence-electron chi connectivity index (χ2n) is 4.03. The van der Waals surface area contributed by atoms with Crippen molar-refractivity contribution in [3.63, 3.8) is 0 Å². The highest BCUT2D eigenvalue weighted by molar-refractivity contribution is 6.74. The summed E-state index contributed by atoms with van der Waals surface area (Å²) in [6.45, 7) is -5.30. The summed E-state index contributed by atoms with van der Waals surface area (Å²) < 4.78 is 56.3. The molecule has 0 aliphatic heterocycles. The van der Waals surface area contributed by atoms with Gasteiger partial charge in [-0.2, -0.15) is 0 Å². The Morgan fingerprint density at radius 1 is 0.947 bits per heavy atom. The van der Waals surface area contributed by atoms with Crippen molar-refractivity contribution in [2.75, 3.05) is 0 Å². The first-order chi connectivity index (χ1) is 8.97. The molecular formula is C13H10BF4O-. The third kappa shape index (κ3) is 3.50. The third-order valence-electron chi connectivity index (χ3n) is 2.56. The van der Waals surface area contributed by atoms with Crippen molar-refractivity contribution in [1.82, 2.24) is 0 Å². The molecule has 0 amide bonds. The normalized spacial score (nSPS) is 11.4. The lowest BCUT2D eigenvalue weighted by atomic mass is 9.79. The van der Waals surface area contributed by atoms with E-state index in [0.717, 1.165) is 17.7 Å². The van der Waals surface area contributed by atoms with Crippen LogP contribution in [0.15, 0.2) is 48.5 Å². The van der Waals surface area contributed by atoms with Crippen molar-refractivity contribution in [3.05, 3.63) is 59.9 Å². The topological polar surface area (TPSA) is 9.23 Å². The summed E-state index contributed by atoms with van der Waals surface area (Å²) >= 11 is 0. The average molecular weight is 269 g/mol. The van der Waals surface area contributed by atoms with Crippen LogP contribution in [0.25, 0.3) is 0 Å². The Morgan fingerprint density at radius 2 is 1.63 bits per heavy atom. The van der Waals surface area contributed by atoms with Crippen LogP contribution in [0.4, 0.5) is 17.3 Å². The number of benzene rings is 2. The molecule has 0 aromatic heterocycles. The van der Waals surface area contributed by atoms with Gasteiger partial charge in [0, 0.05) is 0 Å². The molecule has 0 saturated heterocycles. The summed E-state index contributed by atoms with van der Waals surface area (Å²) in [5, 5.41) is 0. The highest BCUT2D eigenvalue weighted by atomic mass is 19.4. The number of halogens is 4. The Bertz CT molecular complexity index is 554. The Morgan fingerprint density at radius 3 is 2.26 bits per heavy atom. The standard InChI is InChI=1S/C13H10BF4O/c15-11-6-7-13(12(8-11)14(16,17)18)19-9-10-4-2-1-3-5-10/h1-8H,9H2/q-1. The molecule has 0 saturated carbocycles. The van der Waals surface area contributed by atoms with Gasteiger partial charge in [-0.25, -0.2) is 4.39 Å². The van der Waals surface area contributed by atoms with E-state index in [-0.39, 0.29) is 12.4 Å². The SMILES string of the molecule is Fc1ccc(OCc2ccccc2)c([B-](F)(F)F)c1. The minimum atomic E-state index is -5.31. The van der Waals surface area contributed by atoms with Gasteiger partial charge >= 0.3 is 6.98 Å². The highest BCUT2D eigenvalue weighted by Crippen LogP contribution is 2.19. The largest absolute Gasteiger partial charge is 0.513 e. The van der Waals surface area contributed by atoms with Gasteiger partial charge in [0.1, 0.15) is 12.4 Å². The minimum absolute atomic E-state index is 0.00559. The van der Waals surface area contributed by atoms with E-state index in [1.54, 1.807) is 30.3 Å². The van der Waals surface area contributed by atoms with Crippen molar-refractivity contribution in [2.24, 2.45) is 0 Å². The van der Waals surface area contributed by atoms with Crippen LogP contribution in [-0.4, -0.2) is 6.98 Å². The highest BCUT2D eigenvalue weighted by Gasteiger charge is 2.29. The van der Waals surface area contributed by atoms with Gasteiger partial charge in [0.05, 0.1) is 5.75 Å². The van der Waals surface area contributed by atoms with Gasteiger partial charge in [-0.3, -0.25) is 0 Å². The Kier molecular flexibility index (Phi) is 3.78. The molecule has 2 rings (SSSR count). The number of ether oxygens (including phenoxy) is 1. The maximum atomic E-state index is 12.9. The van der Waals surface area contributed by atoms with Crippen LogP contribution in [0.2, 0.25) is 0 Å². The zero-order valence-corrected chi connectivity index (χ0v) is 9.82. The van der Waals surface area contributed by atoms with Gasteiger partial charge in [-0.15, -0.1) is 0 Å². The van der Waals surface area contributed by atoms with Crippen LogP contribution in [0.3, 0.4) is 0 Å². The molecule has 0 aliphatic rings. The van der Waals surface area contributed by atoms with Crippen LogP contribution in [-0.2, 0) is 6.61 Å². The Balaban J connectivity index is 2.21. The maximum absolute atomic E-state index is 12.9. The lowest BCUT2D eigenvalue weighted by Crippen LogP contribution is -2.35. The number of rotatable bonds is 4. The van der Waals surface area contributed by atoms with Gasteiger partial charge in [0.2, 0.25) is 0 Å². The summed E-state index contributed by atoms with van der Waals surface area (Å²) in [5.74, 6) is -1.28. The predicted molar refractivity (Wildman–Crippen MR) is 65.9 cm³/mol. The molecule has 0 N–H and O–H groups in total. The molecule has 1 nitrogen and oxygen atoms in total. The summed E-state index contributed by atoms with van der Waals surface area (Å²) in [6.07, 6.45) is 0. The molecule has 2 aromatic rings. The van der Waals surface area contributed by atoms with Crippen molar-refractivity contribution in [3.8, 4) is 5.75 Å². The van der Waals surface area contributed by atoms with E-state index in [0.29, 0.717) is 6.07 Å². The van der Waals surface area contributed by atoms with Crippen LogP contribution in [0.1, 0.15) is 5.56 Å². The van der Waals surface area contributed by atoms with Gasteiger partial charge in [0.25, 0.3) is 0 Å². The fraction of sp³-hybridized carbons (Fsp3) is 0.0769. The molecule has 0 spiro atoms. The van der Waals surface area contributed by atoms with Crippen molar-refractivity contribution in [2.45, 2.75) is 6.61 Å². The van der Waals surface area contributed by atoms with Crippen molar-refractivity contribution >= 4 is 12.4 Å². The van der Waals surface area contributed by atoms with E-state index in [1.165, 1.54) is 0 Å². The zero-order chi connectivity index (χ0) is 13.9. The lowest BCUT2D eigenvalue weighted by Gasteiger charge is -2.19. The molecule has 100 valence electrons. The maximum Gasteiger partial charge on any atom is 0.513 e. The Labute approximate surface area is 107 Å². The molecule has 0 heterocycles. The first-order valence-electron chi connectivity index (χ1n) is 5.63. The fourth-order valence-corrected chi connectivity index (χ4v) is 1.64. The van der Waals surface area contributed by atoms with E-state index in [4.69, 9.17) is 4.74 Å². The van der Waals surface area contributed by atoms with Gasteiger partial charge < -0.3 is 17.7 Å². The third-order valence-corrected chi connectivity index (χ3v) is 2.56. The van der Waals surface area contributed by atoms with Gasteiger partial charge in [-0.1, -0.05) is 35.8 Å². The van der Waals surface area contributed by atoms with E-state index >= 15 is 0 Å². The molecular weight excluding hydrogens is 259 g/mol. The average Bonchev–Trinajstić information content (AvgIpc) is 2.37. The second kappa shape index (κ2) is 5.34. The van der Waals surface area contributed by atoms with Crippen LogP contribution >= 0.6 is 0 Å². The quantitative estimate of drug-likeness (QED) is 0.610. The molecule has 0 bridgehead atoms. The lowest BCUT2D eigenvalue weighted by molar-refractivity contribution is 0.306. The molecule has 0 radical (unpaired) electrons. The van der Waals surface area contributed by atoms with Crippen LogP contribution < -0.4 is 10.2 Å². The fourth-order valence-electron chi connectivity index (χ4n) is 1.64. The first-order valence-corrected chi connectivity index (χ1v) is 5.63. The summed E-state index contributed by atoms with van der Waals surface area (Å²) in [7, 11) is 0. The predicted octanol–water partition coefficient (Wildman–Crippen LogP) is 3.46. The van der Waals surface area contributed by atoms with E-state index < -0.39 is 18.3 Å². The summed E-state index contributed by atoms with van der Waals surface area (Å²) in [5.41, 5.74) is -0.302. The van der Waals surface area contributed by atoms with Crippen molar-refractivity contribution in [1.29, 1.82) is 0 Å². The molecule has 0 atom stereocenters. The first kappa shape index (κ1) is 13.5. The van der Waals surface area contributed by atoms with E-state index in [2.05, 4.69) is 0 Å². The van der Waals surface area contributed by atoms with E-state index in [9.17, 15) is 17.3 Å². The molecule has 0 aliphatic carbocycles. The Hall–Kier alpha value is -1.98. The molecule has 6 heteroatoms. The summed E-state index contributed by atoms with van der Waals surface area (Å²) in [6, 6.07) is 11.2. The number of hydrogen-bond acceptors (Lipinski definition) is 1. The minimum Gasteiger partial charge on any atom is -0.492 e. The van der Waals surface area contributed by atoms with E-state index in [1.807, 2.05) is 0 Å². The molecule has 19 heavy (non-hydrogen) atoms.